The van der Waals surface area contributed by atoms with E-state index in [1.807, 2.05) is 0 Å². The summed E-state index contributed by atoms with van der Waals surface area (Å²) in [7, 11) is -2.47. The summed E-state index contributed by atoms with van der Waals surface area (Å²) >= 11 is 3.37. The normalized spacial score (nSPS) is 13.5. The summed E-state index contributed by atoms with van der Waals surface area (Å²) in [4.78, 5) is 1.75. The standard InChI is InChI=1S/C22H28BrN3OSi/c1-18(26-24-17-21(23)25-26)15-16-27-28(22(2,3)4,19-11-7-5-8-12-19)20-13-9-6-10-14-20/h5-14,17-18H,15-16H2,1-4H3. The molecule has 3 aromatic rings. The van der Waals surface area contributed by atoms with Gasteiger partial charge in [-0.2, -0.15) is 9.90 Å². The van der Waals surface area contributed by atoms with Gasteiger partial charge in [0.25, 0.3) is 8.32 Å². The molecule has 2 aromatic carbocycles. The maximum atomic E-state index is 6.92. The van der Waals surface area contributed by atoms with Gasteiger partial charge in [-0.3, -0.25) is 0 Å². The molecule has 148 valence electrons. The Morgan fingerprint density at radius 2 is 1.54 bits per heavy atom. The smallest absolute Gasteiger partial charge is 0.261 e. The van der Waals surface area contributed by atoms with Crippen molar-refractivity contribution in [1.29, 1.82) is 0 Å². The van der Waals surface area contributed by atoms with Crippen LogP contribution in [0.5, 0.6) is 0 Å². The van der Waals surface area contributed by atoms with Gasteiger partial charge in [0.05, 0.1) is 12.2 Å². The van der Waals surface area contributed by atoms with E-state index < -0.39 is 8.32 Å². The van der Waals surface area contributed by atoms with E-state index in [0.717, 1.165) is 11.0 Å². The summed E-state index contributed by atoms with van der Waals surface area (Å²) in [6, 6.07) is 21.7. The number of benzene rings is 2. The lowest BCUT2D eigenvalue weighted by molar-refractivity contribution is 0.255. The van der Waals surface area contributed by atoms with Crippen LogP contribution in [0, 0.1) is 0 Å². The highest BCUT2D eigenvalue weighted by atomic mass is 79.9. The summed E-state index contributed by atoms with van der Waals surface area (Å²) in [5.74, 6) is 0. The second-order valence-corrected chi connectivity index (χ2v) is 13.3. The zero-order valence-electron chi connectivity index (χ0n) is 17.0. The first-order valence-electron chi connectivity index (χ1n) is 9.67. The fourth-order valence-electron chi connectivity index (χ4n) is 3.73. The third kappa shape index (κ3) is 4.29. The highest BCUT2D eigenvalue weighted by Gasteiger charge is 2.50. The van der Waals surface area contributed by atoms with E-state index in [1.165, 1.54) is 10.4 Å². The highest BCUT2D eigenvalue weighted by Crippen LogP contribution is 2.37. The number of nitrogens with zero attached hydrogens (tertiary/aromatic N) is 3. The van der Waals surface area contributed by atoms with Crippen LogP contribution in [0.15, 0.2) is 71.5 Å². The molecule has 0 radical (unpaired) electrons. The third-order valence-electron chi connectivity index (χ3n) is 5.15. The van der Waals surface area contributed by atoms with Gasteiger partial charge in [-0.05, 0) is 44.7 Å². The fourth-order valence-corrected chi connectivity index (χ4v) is 8.56. The molecule has 0 aliphatic carbocycles. The van der Waals surface area contributed by atoms with E-state index in [9.17, 15) is 0 Å². The van der Waals surface area contributed by atoms with Crippen LogP contribution in [0.25, 0.3) is 0 Å². The second kappa shape index (κ2) is 8.72. The van der Waals surface area contributed by atoms with Gasteiger partial charge in [0.2, 0.25) is 0 Å². The lowest BCUT2D eigenvalue weighted by atomic mass is 10.2. The van der Waals surface area contributed by atoms with Crippen LogP contribution < -0.4 is 10.4 Å². The van der Waals surface area contributed by atoms with Crippen LogP contribution in [-0.4, -0.2) is 29.9 Å². The molecule has 0 aliphatic rings. The molecule has 4 nitrogen and oxygen atoms in total. The van der Waals surface area contributed by atoms with Crippen molar-refractivity contribution in [1.82, 2.24) is 15.0 Å². The highest BCUT2D eigenvalue weighted by molar-refractivity contribution is 9.10. The molecule has 0 N–H and O–H groups in total. The van der Waals surface area contributed by atoms with Crippen molar-refractivity contribution in [3.05, 3.63) is 71.5 Å². The SMILES string of the molecule is CC(CCO[Si](c1ccccc1)(c1ccccc1)C(C)(C)C)n1ncc(Br)n1. The van der Waals surface area contributed by atoms with Gasteiger partial charge in [0.15, 0.2) is 0 Å². The minimum absolute atomic E-state index is 0.00801. The minimum Gasteiger partial charge on any atom is -0.407 e. The van der Waals surface area contributed by atoms with E-state index in [4.69, 9.17) is 4.43 Å². The monoisotopic (exact) mass is 457 g/mol. The molecule has 0 bridgehead atoms. The van der Waals surface area contributed by atoms with Crippen molar-refractivity contribution in [2.45, 2.75) is 45.2 Å². The summed E-state index contributed by atoms with van der Waals surface area (Å²) in [6.45, 7) is 9.69. The van der Waals surface area contributed by atoms with Crippen molar-refractivity contribution >= 4 is 34.6 Å². The molecule has 0 fully saturated rings. The summed E-state index contributed by atoms with van der Waals surface area (Å²) < 4.78 is 7.68. The van der Waals surface area contributed by atoms with Crippen molar-refractivity contribution in [2.24, 2.45) is 0 Å². The Labute approximate surface area is 177 Å². The Bertz CT molecular complexity index is 838. The zero-order valence-corrected chi connectivity index (χ0v) is 19.6. The molecule has 6 heteroatoms. The number of rotatable bonds is 7. The first kappa shape index (κ1) is 21.0. The summed E-state index contributed by atoms with van der Waals surface area (Å²) in [5.41, 5.74) is 0. The van der Waals surface area contributed by atoms with E-state index >= 15 is 0 Å². The average molecular weight is 458 g/mol. The number of aromatic nitrogens is 3. The molecule has 28 heavy (non-hydrogen) atoms. The second-order valence-electron chi connectivity index (χ2n) is 8.14. The molecule has 1 aromatic heterocycles. The van der Waals surface area contributed by atoms with Crippen LogP contribution in [0.1, 0.15) is 40.2 Å². The Balaban J connectivity index is 1.92. The van der Waals surface area contributed by atoms with Gasteiger partial charge in [0, 0.05) is 6.61 Å². The summed E-state index contributed by atoms with van der Waals surface area (Å²) in [5, 5.41) is 11.3. The molecule has 1 heterocycles. The maximum Gasteiger partial charge on any atom is 0.261 e. The van der Waals surface area contributed by atoms with Gasteiger partial charge in [-0.25, -0.2) is 0 Å². The molecule has 0 spiro atoms. The average Bonchev–Trinajstić information content (AvgIpc) is 3.12. The van der Waals surface area contributed by atoms with Crippen LogP contribution in [-0.2, 0) is 4.43 Å². The number of hydrogen-bond donors (Lipinski definition) is 0. The quantitative estimate of drug-likeness (QED) is 0.487. The van der Waals surface area contributed by atoms with Gasteiger partial charge in [0.1, 0.15) is 4.60 Å². The molecular weight excluding hydrogens is 430 g/mol. The molecule has 0 aliphatic heterocycles. The molecule has 0 saturated heterocycles. The Morgan fingerprint density at radius 3 is 1.96 bits per heavy atom. The van der Waals surface area contributed by atoms with Crippen LogP contribution in [0.2, 0.25) is 5.04 Å². The fraction of sp³-hybridized carbons (Fsp3) is 0.364. The van der Waals surface area contributed by atoms with Crippen molar-refractivity contribution in [3.63, 3.8) is 0 Å². The zero-order chi connectivity index (χ0) is 20.2. The maximum absolute atomic E-state index is 6.92. The number of hydrogen-bond acceptors (Lipinski definition) is 3. The molecule has 0 saturated carbocycles. The van der Waals surface area contributed by atoms with Gasteiger partial charge >= 0.3 is 0 Å². The first-order valence-corrected chi connectivity index (χ1v) is 12.4. The Kier molecular flexibility index (Phi) is 6.53. The molecule has 1 unspecified atom stereocenters. The van der Waals surface area contributed by atoms with E-state index in [2.05, 4.69) is 114 Å². The molecule has 1 atom stereocenters. The minimum atomic E-state index is -2.47. The van der Waals surface area contributed by atoms with Gasteiger partial charge < -0.3 is 4.43 Å². The lowest BCUT2D eigenvalue weighted by Crippen LogP contribution is -2.66. The third-order valence-corrected chi connectivity index (χ3v) is 10.6. The molecule has 3 rings (SSSR count). The van der Waals surface area contributed by atoms with Crippen molar-refractivity contribution in [2.75, 3.05) is 6.61 Å². The Hall–Kier alpha value is -1.76. The largest absolute Gasteiger partial charge is 0.407 e. The lowest BCUT2D eigenvalue weighted by Gasteiger charge is -2.43. The summed E-state index contributed by atoms with van der Waals surface area (Å²) in [6.07, 6.45) is 2.57. The van der Waals surface area contributed by atoms with Crippen LogP contribution >= 0.6 is 15.9 Å². The van der Waals surface area contributed by atoms with Crippen LogP contribution in [0.4, 0.5) is 0 Å². The van der Waals surface area contributed by atoms with Crippen molar-refractivity contribution < 1.29 is 4.43 Å². The van der Waals surface area contributed by atoms with Gasteiger partial charge in [-0.15, -0.1) is 5.10 Å². The van der Waals surface area contributed by atoms with Crippen LogP contribution in [0.3, 0.4) is 0 Å². The van der Waals surface area contributed by atoms with Gasteiger partial charge in [-0.1, -0.05) is 81.4 Å². The predicted octanol–water partition coefficient (Wildman–Crippen LogP) is 4.57. The van der Waals surface area contributed by atoms with E-state index in [0.29, 0.717) is 6.61 Å². The molecular formula is C22H28BrN3OSi. The topological polar surface area (TPSA) is 39.9 Å². The van der Waals surface area contributed by atoms with E-state index in [-0.39, 0.29) is 11.1 Å². The van der Waals surface area contributed by atoms with Crippen molar-refractivity contribution in [3.8, 4) is 0 Å². The first-order chi connectivity index (χ1) is 13.3. The predicted molar refractivity (Wildman–Crippen MR) is 121 cm³/mol. The Morgan fingerprint density at radius 1 is 1.00 bits per heavy atom. The van der Waals surface area contributed by atoms with E-state index in [1.54, 1.807) is 11.0 Å². The number of halogens is 1. The molecule has 0 amide bonds.